The first kappa shape index (κ1) is 13.1. The number of benzene rings is 2. The molecule has 3 rings (SSSR count). The number of hydrogen-bond acceptors (Lipinski definition) is 3. The molecule has 6 heteroatoms. The predicted molar refractivity (Wildman–Crippen MR) is 81.1 cm³/mol. The Morgan fingerprint density at radius 2 is 2.05 bits per heavy atom. The van der Waals surface area contributed by atoms with Crippen molar-refractivity contribution in [3.8, 4) is 0 Å². The quantitative estimate of drug-likeness (QED) is 0.740. The van der Waals surface area contributed by atoms with E-state index < -0.39 is 0 Å². The molecule has 0 spiro atoms. The summed E-state index contributed by atoms with van der Waals surface area (Å²) in [6.45, 7) is 0. The van der Waals surface area contributed by atoms with Crippen LogP contribution in [0, 0.1) is 0 Å². The van der Waals surface area contributed by atoms with E-state index in [2.05, 4.69) is 26.4 Å². The number of halogens is 2. The summed E-state index contributed by atoms with van der Waals surface area (Å²) in [5.74, 6) is 0.0474. The van der Waals surface area contributed by atoms with Gasteiger partial charge in [-0.05, 0) is 30.3 Å². The normalized spacial score (nSPS) is 10.7. The van der Waals surface area contributed by atoms with Gasteiger partial charge in [-0.15, -0.1) is 0 Å². The maximum atomic E-state index is 12.2. The van der Waals surface area contributed by atoms with E-state index >= 15 is 0 Å². The minimum atomic E-state index is -0.325. The number of rotatable bonds is 2. The molecule has 2 aromatic carbocycles. The molecule has 1 N–H and O–H groups in total. The van der Waals surface area contributed by atoms with Gasteiger partial charge < -0.3 is 9.84 Å². The fraction of sp³-hybridized carbons (Fsp3) is 0. The van der Waals surface area contributed by atoms with Crippen LogP contribution in [0.15, 0.2) is 51.5 Å². The van der Waals surface area contributed by atoms with E-state index in [-0.39, 0.29) is 5.91 Å². The zero-order valence-electron chi connectivity index (χ0n) is 10.1. The van der Waals surface area contributed by atoms with Crippen LogP contribution in [-0.4, -0.2) is 11.1 Å². The average molecular weight is 352 g/mol. The molecule has 0 bridgehead atoms. The summed E-state index contributed by atoms with van der Waals surface area (Å²) in [7, 11) is 0. The van der Waals surface area contributed by atoms with Gasteiger partial charge in [0, 0.05) is 4.47 Å². The third-order valence-electron chi connectivity index (χ3n) is 2.78. The smallest absolute Gasteiger partial charge is 0.258 e. The van der Waals surface area contributed by atoms with Gasteiger partial charge in [-0.2, -0.15) is 0 Å². The molecule has 0 atom stereocenters. The van der Waals surface area contributed by atoms with E-state index in [1.54, 1.807) is 30.3 Å². The first-order chi connectivity index (χ1) is 9.65. The molecule has 0 fully saturated rings. The maximum Gasteiger partial charge on any atom is 0.258 e. The molecule has 1 aromatic heterocycles. The van der Waals surface area contributed by atoms with E-state index in [4.69, 9.17) is 16.1 Å². The molecule has 1 amide bonds. The van der Waals surface area contributed by atoms with Crippen LogP contribution in [0.25, 0.3) is 11.0 Å². The van der Waals surface area contributed by atoms with Gasteiger partial charge in [0.25, 0.3) is 5.91 Å². The zero-order valence-corrected chi connectivity index (χ0v) is 12.4. The summed E-state index contributed by atoms with van der Waals surface area (Å²) in [6.07, 6.45) is 0. The summed E-state index contributed by atoms with van der Waals surface area (Å²) in [4.78, 5) is 12.2. The van der Waals surface area contributed by atoms with Gasteiger partial charge in [-0.25, -0.2) is 0 Å². The third-order valence-corrected chi connectivity index (χ3v) is 3.61. The van der Waals surface area contributed by atoms with Gasteiger partial charge >= 0.3 is 0 Å². The van der Waals surface area contributed by atoms with Crippen molar-refractivity contribution in [2.24, 2.45) is 0 Å². The Kier molecular flexibility index (Phi) is 3.46. The highest BCUT2D eigenvalue weighted by atomic mass is 79.9. The lowest BCUT2D eigenvalue weighted by Crippen LogP contribution is -2.12. The predicted octanol–water partition coefficient (Wildman–Crippen LogP) is 4.50. The fourth-order valence-corrected chi connectivity index (χ4v) is 2.38. The van der Waals surface area contributed by atoms with E-state index in [1.165, 1.54) is 0 Å². The lowest BCUT2D eigenvalue weighted by atomic mass is 10.2. The van der Waals surface area contributed by atoms with Crippen LogP contribution in [0.4, 0.5) is 5.82 Å². The van der Waals surface area contributed by atoms with Crippen LogP contribution >= 0.6 is 27.5 Å². The maximum absolute atomic E-state index is 12.2. The Bertz CT molecular complexity index is 801. The highest BCUT2D eigenvalue weighted by molar-refractivity contribution is 9.10. The molecule has 0 saturated carbocycles. The highest BCUT2D eigenvalue weighted by Gasteiger charge is 2.14. The van der Waals surface area contributed by atoms with Crippen LogP contribution in [-0.2, 0) is 0 Å². The van der Waals surface area contributed by atoms with Crippen molar-refractivity contribution in [3.05, 3.63) is 57.5 Å². The van der Waals surface area contributed by atoms with Gasteiger partial charge in [-0.1, -0.05) is 44.8 Å². The van der Waals surface area contributed by atoms with Crippen LogP contribution < -0.4 is 5.32 Å². The minimum Gasteiger partial charge on any atom is -0.354 e. The van der Waals surface area contributed by atoms with Crippen molar-refractivity contribution < 1.29 is 9.32 Å². The lowest BCUT2D eigenvalue weighted by molar-refractivity contribution is 0.102. The Balaban J connectivity index is 1.94. The number of fused-ring (bicyclic) bond motifs is 1. The second-order valence-electron chi connectivity index (χ2n) is 4.11. The van der Waals surface area contributed by atoms with Crippen molar-refractivity contribution in [1.82, 2.24) is 5.16 Å². The molecule has 1 heterocycles. The fourth-order valence-electron chi connectivity index (χ4n) is 1.82. The minimum absolute atomic E-state index is 0.325. The number of nitrogens with one attached hydrogen (secondary N) is 1. The van der Waals surface area contributed by atoms with E-state index in [9.17, 15) is 4.79 Å². The molecule has 3 aromatic rings. The lowest BCUT2D eigenvalue weighted by Gasteiger charge is -2.03. The van der Waals surface area contributed by atoms with Gasteiger partial charge in [0.15, 0.2) is 11.4 Å². The molecule has 4 nitrogen and oxygen atoms in total. The molecule has 0 saturated heterocycles. The Hall–Kier alpha value is -1.85. The first-order valence-electron chi connectivity index (χ1n) is 5.76. The van der Waals surface area contributed by atoms with Gasteiger partial charge in [0.1, 0.15) is 0 Å². The summed E-state index contributed by atoms with van der Waals surface area (Å²) in [5, 5.41) is 7.68. The van der Waals surface area contributed by atoms with Crippen molar-refractivity contribution in [3.63, 3.8) is 0 Å². The van der Waals surface area contributed by atoms with Gasteiger partial charge in [0.2, 0.25) is 0 Å². The SMILES string of the molecule is O=C(Nc1noc2cc(Br)ccc12)c1ccccc1Cl. The van der Waals surface area contributed by atoms with Gasteiger partial charge in [-0.3, -0.25) is 4.79 Å². The van der Waals surface area contributed by atoms with Crippen molar-refractivity contribution in [2.75, 3.05) is 5.32 Å². The standard InChI is InChI=1S/C14H8BrClN2O2/c15-8-5-6-10-12(7-8)20-18-13(10)17-14(19)9-3-1-2-4-11(9)16/h1-7H,(H,17,18,19). The van der Waals surface area contributed by atoms with Crippen LogP contribution in [0.3, 0.4) is 0 Å². The molecular weight excluding hydrogens is 344 g/mol. The Morgan fingerprint density at radius 1 is 1.25 bits per heavy atom. The van der Waals surface area contributed by atoms with Crippen LogP contribution in [0.5, 0.6) is 0 Å². The number of amides is 1. The monoisotopic (exact) mass is 350 g/mol. The van der Waals surface area contributed by atoms with E-state index in [0.29, 0.717) is 22.0 Å². The molecule has 0 aliphatic heterocycles. The summed E-state index contributed by atoms with van der Waals surface area (Å²) in [6, 6.07) is 12.3. The molecule has 20 heavy (non-hydrogen) atoms. The van der Waals surface area contributed by atoms with Gasteiger partial charge in [0.05, 0.1) is 16.0 Å². The topological polar surface area (TPSA) is 55.1 Å². The number of hydrogen-bond donors (Lipinski definition) is 1. The van der Waals surface area contributed by atoms with Crippen molar-refractivity contribution in [1.29, 1.82) is 0 Å². The van der Waals surface area contributed by atoms with E-state index in [1.807, 2.05) is 12.1 Å². The van der Waals surface area contributed by atoms with E-state index in [0.717, 1.165) is 9.86 Å². The molecule has 0 aliphatic rings. The summed E-state index contributed by atoms with van der Waals surface area (Å²) >= 11 is 9.33. The summed E-state index contributed by atoms with van der Waals surface area (Å²) in [5.41, 5.74) is 0.983. The van der Waals surface area contributed by atoms with Crippen LogP contribution in [0.2, 0.25) is 5.02 Å². The number of carbonyl (C=O) groups is 1. The zero-order chi connectivity index (χ0) is 14.1. The number of carbonyl (C=O) groups excluding carboxylic acids is 1. The average Bonchev–Trinajstić information content (AvgIpc) is 2.81. The van der Waals surface area contributed by atoms with Crippen molar-refractivity contribution in [2.45, 2.75) is 0 Å². The number of aromatic nitrogens is 1. The first-order valence-corrected chi connectivity index (χ1v) is 6.93. The third kappa shape index (κ3) is 2.42. The second-order valence-corrected chi connectivity index (χ2v) is 5.43. The summed E-state index contributed by atoms with van der Waals surface area (Å²) < 4.78 is 6.05. The molecular formula is C14H8BrClN2O2. The largest absolute Gasteiger partial charge is 0.354 e. The second kappa shape index (κ2) is 5.26. The number of nitrogens with zero attached hydrogens (tertiary/aromatic N) is 1. The molecule has 0 aliphatic carbocycles. The Morgan fingerprint density at radius 3 is 2.85 bits per heavy atom. The van der Waals surface area contributed by atoms with Crippen molar-refractivity contribution >= 4 is 50.2 Å². The number of anilines is 1. The highest BCUT2D eigenvalue weighted by Crippen LogP contribution is 2.26. The molecule has 100 valence electrons. The Labute approximate surface area is 127 Å². The van der Waals surface area contributed by atoms with Crippen LogP contribution in [0.1, 0.15) is 10.4 Å². The molecule has 0 radical (unpaired) electrons. The molecule has 0 unspecified atom stereocenters.